The second-order valence-corrected chi connectivity index (χ2v) is 5.01. The summed E-state index contributed by atoms with van der Waals surface area (Å²) in [4.78, 5) is 0. The number of hydrogen-bond acceptors (Lipinski definition) is 2. The van der Waals surface area contributed by atoms with Gasteiger partial charge in [-0.25, -0.2) is 4.39 Å². The topological polar surface area (TPSA) is 35.8 Å². The third kappa shape index (κ3) is 2.76. The molecule has 0 atom stereocenters. The van der Waals surface area contributed by atoms with Gasteiger partial charge in [0.05, 0.1) is 6.07 Å². The van der Waals surface area contributed by atoms with E-state index in [0.717, 1.165) is 25.7 Å². The second-order valence-electron chi connectivity index (χ2n) is 5.01. The Morgan fingerprint density at radius 1 is 1.41 bits per heavy atom. The molecule has 0 unspecified atom stereocenters. The van der Waals surface area contributed by atoms with Crippen LogP contribution in [0.4, 0.5) is 10.1 Å². The zero-order chi connectivity index (χ0) is 12.3. The van der Waals surface area contributed by atoms with Crippen molar-refractivity contribution in [2.45, 2.75) is 38.1 Å². The molecular weight excluding hydrogens is 215 g/mol. The van der Waals surface area contributed by atoms with Gasteiger partial charge in [0.2, 0.25) is 0 Å². The van der Waals surface area contributed by atoms with E-state index in [4.69, 9.17) is 0 Å². The summed E-state index contributed by atoms with van der Waals surface area (Å²) in [7, 11) is 0. The van der Waals surface area contributed by atoms with Crippen molar-refractivity contribution < 1.29 is 4.39 Å². The van der Waals surface area contributed by atoms with Crippen LogP contribution in [0.3, 0.4) is 0 Å². The molecule has 2 nitrogen and oxygen atoms in total. The fraction of sp³-hybridized carbons (Fsp3) is 0.500. The fourth-order valence-corrected chi connectivity index (χ4v) is 2.36. The Labute approximate surface area is 101 Å². The molecule has 0 radical (unpaired) electrons. The van der Waals surface area contributed by atoms with Crippen LogP contribution in [0, 0.1) is 23.1 Å². The molecule has 2 rings (SSSR count). The van der Waals surface area contributed by atoms with Crippen molar-refractivity contribution in [3.05, 3.63) is 30.1 Å². The largest absolute Gasteiger partial charge is 0.367 e. The highest BCUT2D eigenvalue weighted by Gasteiger charge is 2.34. The van der Waals surface area contributed by atoms with E-state index in [1.54, 1.807) is 12.1 Å². The SMILES string of the molecule is CC1CCC(C#N)(Nc2cccc(F)c2)CC1. The van der Waals surface area contributed by atoms with Gasteiger partial charge in [0.1, 0.15) is 11.4 Å². The van der Waals surface area contributed by atoms with Gasteiger partial charge in [-0.2, -0.15) is 5.26 Å². The van der Waals surface area contributed by atoms with Crippen LogP contribution >= 0.6 is 0 Å². The highest BCUT2D eigenvalue weighted by atomic mass is 19.1. The van der Waals surface area contributed by atoms with Crippen LogP contribution in [0.2, 0.25) is 0 Å². The molecule has 1 saturated carbocycles. The lowest BCUT2D eigenvalue weighted by Gasteiger charge is -2.35. The predicted molar refractivity (Wildman–Crippen MR) is 66.0 cm³/mol. The molecule has 3 heteroatoms. The summed E-state index contributed by atoms with van der Waals surface area (Å²) in [5, 5.41) is 12.6. The van der Waals surface area contributed by atoms with Crippen LogP contribution in [0.5, 0.6) is 0 Å². The summed E-state index contributed by atoms with van der Waals surface area (Å²) >= 11 is 0. The molecule has 1 aliphatic rings. The van der Waals surface area contributed by atoms with Gasteiger partial charge in [-0.05, 0) is 49.8 Å². The maximum absolute atomic E-state index is 13.1. The molecule has 0 saturated heterocycles. The quantitative estimate of drug-likeness (QED) is 0.843. The molecule has 1 aromatic rings. The van der Waals surface area contributed by atoms with Crippen LogP contribution in [-0.2, 0) is 0 Å². The van der Waals surface area contributed by atoms with E-state index >= 15 is 0 Å². The molecule has 1 aromatic carbocycles. The van der Waals surface area contributed by atoms with E-state index < -0.39 is 5.54 Å². The highest BCUT2D eigenvalue weighted by Crippen LogP contribution is 2.34. The predicted octanol–water partition coefficient (Wildman–Crippen LogP) is 3.71. The van der Waals surface area contributed by atoms with E-state index in [2.05, 4.69) is 18.3 Å². The fourth-order valence-electron chi connectivity index (χ4n) is 2.36. The van der Waals surface area contributed by atoms with Gasteiger partial charge in [0, 0.05) is 5.69 Å². The van der Waals surface area contributed by atoms with E-state index in [-0.39, 0.29) is 5.82 Å². The normalized spacial score (nSPS) is 28.4. The zero-order valence-corrected chi connectivity index (χ0v) is 10.0. The van der Waals surface area contributed by atoms with Crippen LogP contribution in [-0.4, -0.2) is 5.54 Å². The Hall–Kier alpha value is -1.56. The Bertz CT molecular complexity index is 428. The molecule has 0 aliphatic heterocycles. The molecular formula is C14H17FN2. The van der Waals surface area contributed by atoms with E-state index in [1.807, 2.05) is 0 Å². The number of benzene rings is 1. The molecule has 90 valence electrons. The highest BCUT2D eigenvalue weighted by molar-refractivity contribution is 5.48. The van der Waals surface area contributed by atoms with Crippen LogP contribution in [0.15, 0.2) is 24.3 Å². The Morgan fingerprint density at radius 3 is 2.71 bits per heavy atom. The summed E-state index contributed by atoms with van der Waals surface area (Å²) in [5.74, 6) is 0.415. The van der Waals surface area contributed by atoms with Crippen molar-refractivity contribution in [3.63, 3.8) is 0 Å². The Balaban J connectivity index is 2.13. The number of rotatable bonds is 2. The summed E-state index contributed by atoms with van der Waals surface area (Å²) in [6.07, 6.45) is 3.77. The van der Waals surface area contributed by atoms with Crippen molar-refractivity contribution in [1.29, 1.82) is 5.26 Å². The van der Waals surface area contributed by atoms with Gasteiger partial charge in [-0.1, -0.05) is 13.0 Å². The summed E-state index contributed by atoms with van der Waals surface area (Å²) in [6.45, 7) is 2.21. The minimum Gasteiger partial charge on any atom is -0.367 e. The van der Waals surface area contributed by atoms with Crippen molar-refractivity contribution in [2.24, 2.45) is 5.92 Å². The number of nitriles is 1. The van der Waals surface area contributed by atoms with E-state index in [9.17, 15) is 9.65 Å². The van der Waals surface area contributed by atoms with E-state index in [1.165, 1.54) is 12.1 Å². The molecule has 0 heterocycles. The number of nitrogens with one attached hydrogen (secondary N) is 1. The first-order valence-electron chi connectivity index (χ1n) is 6.08. The first-order chi connectivity index (χ1) is 8.13. The number of halogens is 1. The first-order valence-corrected chi connectivity index (χ1v) is 6.08. The van der Waals surface area contributed by atoms with Crippen molar-refractivity contribution in [3.8, 4) is 6.07 Å². The molecule has 0 spiro atoms. The third-order valence-corrected chi connectivity index (χ3v) is 3.55. The van der Waals surface area contributed by atoms with Gasteiger partial charge in [-0.3, -0.25) is 0 Å². The van der Waals surface area contributed by atoms with Crippen LogP contribution in [0.1, 0.15) is 32.6 Å². The lowest BCUT2D eigenvalue weighted by molar-refractivity contribution is 0.314. The van der Waals surface area contributed by atoms with Gasteiger partial charge in [0.15, 0.2) is 0 Å². The minimum absolute atomic E-state index is 0.271. The Morgan fingerprint density at radius 2 is 2.12 bits per heavy atom. The van der Waals surface area contributed by atoms with Crippen LogP contribution < -0.4 is 5.32 Å². The van der Waals surface area contributed by atoms with Crippen molar-refractivity contribution >= 4 is 5.69 Å². The third-order valence-electron chi connectivity index (χ3n) is 3.55. The second kappa shape index (κ2) is 4.75. The molecule has 0 bridgehead atoms. The standard InChI is InChI=1S/C14H17FN2/c1-11-5-7-14(10-16,8-6-11)17-13-4-2-3-12(15)9-13/h2-4,9,11,17H,5-8H2,1H3. The van der Waals surface area contributed by atoms with E-state index in [0.29, 0.717) is 11.6 Å². The van der Waals surface area contributed by atoms with Gasteiger partial charge in [0.25, 0.3) is 0 Å². The lowest BCUT2D eigenvalue weighted by Crippen LogP contribution is -2.40. The number of nitrogens with zero attached hydrogens (tertiary/aromatic N) is 1. The molecule has 1 N–H and O–H groups in total. The zero-order valence-electron chi connectivity index (χ0n) is 10.0. The molecule has 0 aromatic heterocycles. The average molecular weight is 232 g/mol. The molecule has 17 heavy (non-hydrogen) atoms. The van der Waals surface area contributed by atoms with Gasteiger partial charge < -0.3 is 5.32 Å². The van der Waals surface area contributed by atoms with Crippen molar-refractivity contribution in [2.75, 3.05) is 5.32 Å². The summed E-state index contributed by atoms with van der Waals surface area (Å²) < 4.78 is 13.1. The summed E-state index contributed by atoms with van der Waals surface area (Å²) in [6, 6.07) is 8.69. The Kier molecular flexibility index (Phi) is 3.33. The number of anilines is 1. The monoisotopic (exact) mass is 232 g/mol. The molecule has 1 aliphatic carbocycles. The smallest absolute Gasteiger partial charge is 0.125 e. The minimum atomic E-state index is -0.514. The van der Waals surface area contributed by atoms with Crippen LogP contribution in [0.25, 0.3) is 0 Å². The summed E-state index contributed by atoms with van der Waals surface area (Å²) in [5.41, 5.74) is 0.182. The maximum Gasteiger partial charge on any atom is 0.125 e. The molecule has 0 amide bonds. The first kappa shape index (κ1) is 11.9. The maximum atomic E-state index is 13.1. The number of hydrogen-bond donors (Lipinski definition) is 1. The van der Waals surface area contributed by atoms with Gasteiger partial charge >= 0.3 is 0 Å². The van der Waals surface area contributed by atoms with Crippen molar-refractivity contribution in [1.82, 2.24) is 0 Å². The van der Waals surface area contributed by atoms with Gasteiger partial charge in [-0.15, -0.1) is 0 Å². The molecule has 1 fully saturated rings. The average Bonchev–Trinajstić information content (AvgIpc) is 2.33. The lowest BCUT2D eigenvalue weighted by atomic mass is 9.78.